The van der Waals surface area contributed by atoms with Crippen molar-refractivity contribution in [2.45, 2.75) is 6.04 Å². The molecule has 2 fully saturated rings. The summed E-state index contributed by atoms with van der Waals surface area (Å²) in [5.41, 5.74) is 0. The Morgan fingerprint density at radius 2 is 2.33 bits per heavy atom. The fraction of sp³-hybridized carbons (Fsp3) is 0.875. The Morgan fingerprint density at radius 3 is 3.00 bits per heavy atom. The second-order valence-electron chi connectivity index (χ2n) is 3.84. The lowest BCUT2D eigenvalue weighted by atomic mass is 9.93. The molecule has 0 aromatic heterocycles. The highest BCUT2D eigenvalue weighted by molar-refractivity contribution is 5.71. The first kappa shape index (κ1) is 8.01. The van der Waals surface area contributed by atoms with E-state index in [1.54, 1.807) is 0 Å². The molecule has 2 aliphatic rings. The number of hydrogen-bond donors (Lipinski definition) is 2. The third kappa shape index (κ3) is 1.11. The molecule has 0 aromatic rings. The van der Waals surface area contributed by atoms with Crippen molar-refractivity contribution < 1.29 is 9.90 Å². The molecule has 3 unspecified atom stereocenters. The number of aliphatic carboxylic acids is 1. The van der Waals surface area contributed by atoms with E-state index in [2.05, 4.69) is 10.2 Å². The Kier molecular flexibility index (Phi) is 1.81. The van der Waals surface area contributed by atoms with E-state index in [0.717, 1.165) is 13.1 Å². The minimum atomic E-state index is -0.648. The number of carboxylic acid groups (broad SMARTS) is 1. The van der Waals surface area contributed by atoms with Gasteiger partial charge in [0.05, 0.1) is 5.92 Å². The van der Waals surface area contributed by atoms with Gasteiger partial charge in [0.25, 0.3) is 0 Å². The molecule has 2 N–H and O–H groups in total. The second kappa shape index (κ2) is 2.71. The van der Waals surface area contributed by atoms with E-state index < -0.39 is 5.97 Å². The number of likely N-dealkylation sites (N-methyl/N-ethyl adjacent to an activating group) is 1. The van der Waals surface area contributed by atoms with Crippen molar-refractivity contribution in [2.24, 2.45) is 11.8 Å². The van der Waals surface area contributed by atoms with Crippen LogP contribution in [0.2, 0.25) is 0 Å². The number of nitrogens with one attached hydrogen (secondary N) is 1. The van der Waals surface area contributed by atoms with Gasteiger partial charge in [-0.05, 0) is 7.05 Å². The Bertz CT molecular complexity index is 207. The van der Waals surface area contributed by atoms with Crippen LogP contribution in [0.5, 0.6) is 0 Å². The Hall–Kier alpha value is -0.610. The Balaban J connectivity index is 2.08. The van der Waals surface area contributed by atoms with Gasteiger partial charge < -0.3 is 15.3 Å². The minimum Gasteiger partial charge on any atom is -0.481 e. The molecule has 0 amide bonds. The number of hydrogen-bond acceptors (Lipinski definition) is 3. The normalized spacial score (nSPS) is 41.6. The van der Waals surface area contributed by atoms with Gasteiger partial charge in [0.2, 0.25) is 0 Å². The average Bonchev–Trinajstić information content (AvgIpc) is 2.43. The van der Waals surface area contributed by atoms with Crippen LogP contribution in [0, 0.1) is 11.8 Å². The topological polar surface area (TPSA) is 52.6 Å². The smallest absolute Gasteiger partial charge is 0.308 e. The van der Waals surface area contributed by atoms with Gasteiger partial charge in [0.15, 0.2) is 0 Å². The van der Waals surface area contributed by atoms with Crippen LogP contribution in [-0.4, -0.2) is 48.7 Å². The summed E-state index contributed by atoms with van der Waals surface area (Å²) in [6.45, 7) is 2.57. The number of rotatable bonds is 1. The number of nitrogens with zero attached hydrogens (tertiary/aromatic N) is 1. The first-order valence-corrected chi connectivity index (χ1v) is 4.33. The van der Waals surface area contributed by atoms with Gasteiger partial charge in [0.1, 0.15) is 0 Å². The van der Waals surface area contributed by atoms with Crippen molar-refractivity contribution in [3.63, 3.8) is 0 Å². The van der Waals surface area contributed by atoms with Crippen LogP contribution in [0.4, 0.5) is 0 Å². The van der Waals surface area contributed by atoms with Gasteiger partial charge >= 0.3 is 5.97 Å². The van der Waals surface area contributed by atoms with Gasteiger partial charge in [-0.15, -0.1) is 0 Å². The van der Waals surface area contributed by atoms with E-state index in [9.17, 15) is 4.79 Å². The van der Waals surface area contributed by atoms with Crippen LogP contribution in [0.25, 0.3) is 0 Å². The highest BCUT2D eigenvalue weighted by atomic mass is 16.4. The predicted molar refractivity (Wildman–Crippen MR) is 43.9 cm³/mol. The standard InChI is InChI=1S/C8H14N2O2/c1-10-3-6-5(8(11)12)2-9-7(6)4-10/h5-7,9H,2-4H2,1H3,(H,11,12). The van der Waals surface area contributed by atoms with E-state index in [0.29, 0.717) is 18.5 Å². The lowest BCUT2D eigenvalue weighted by Crippen LogP contribution is -2.28. The van der Waals surface area contributed by atoms with E-state index in [1.165, 1.54) is 0 Å². The van der Waals surface area contributed by atoms with Crippen LogP contribution >= 0.6 is 0 Å². The SMILES string of the molecule is CN1CC2NCC(C(=O)O)C2C1. The molecule has 0 radical (unpaired) electrons. The molecule has 2 heterocycles. The molecule has 12 heavy (non-hydrogen) atoms. The van der Waals surface area contributed by atoms with Crippen LogP contribution in [0.1, 0.15) is 0 Å². The fourth-order valence-corrected chi connectivity index (χ4v) is 2.36. The summed E-state index contributed by atoms with van der Waals surface area (Å²) in [5, 5.41) is 12.1. The van der Waals surface area contributed by atoms with Crippen molar-refractivity contribution in [1.82, 2.24) is 10.2 Å². The van der Waals surface area contributed by atoms with Gasteiger partial charge in [0, 0.05) is 31.6 Å². The van der Waals surface area contributed by atoms with Crippen molar-refractivity contribution in [3.05, 3.63) is 0 Å². The molecular formula is C8H14N2O2. The molecule has 68 valence electrons. The van der Waals surface area contributed by atoms with E-state index in [1.807, 2.05) is 7.05 Å². The molecule has 2 saturated heterocycles. The lowest BCUT2D eigenvalue weighted by Gasteiger charge is -2.12. The van der Waals surface area contributed by atoms with E-state index >= 15 is 0 Å². The largest absolute Gasteiger partial charge is 0.481 e. The third-order valence-corrected chi connectivity index (χ3v) is 2.98. The average molecular weight is 170 g/mol. The molecule has 2 aliphatic heterocycles. The van der Waals surface area contributed by atoms with Crippen LogP contribution in [0.15, 0.2) is 0 Å². The highest BCUT2D eigenvalue weighted by Crippen LogP contribution is 2.28. The molecule has 0 aromatic carbocycles. The van der Waals surface area contributed by atoms with Gasteiger partial charge in [-0.1, -0.05) is 0 Å². The zero-order valence-corrected chi connectivity index (χ0v) is 7.16. The molecule has 0 bridgehead atoms. The summed E-state index contributed by atoms with van der Waals surface area (Å²) in [7, 11) is 2.04. The molecule has 0 aliphatic carbocycles. The molecule has 0 spiro atoms. The number of carboxylic acids is 1. The zero-order chi connectivity index (χ0) is 8.72. The van der Waals surface area contributed by atoms with Crippen LogP contribution in [0.3, 0.4) is 0 Å². The second-order valence-corrected chi connectivity index (χ2v) is 3.84. The number of fused-ring (bicyclic) bond motifs is 1. The van der Waals surface area contributed by atoms with Crippen molar-refractivity contribution in [2.75, 3.05) is 26.7 Å². The first-order chi connectivity index (χ1) is 5.68. The van der Waals surface area contributed by atoms with Crippen LogP contribution in [-0.2, 0) is 4.79 Å². The van der Waals surface area contributed by atoms with E-state index in [4.69, 9.17) is 5.11 Å². The third-order valence-electron chi connectivity index (χ3n) is 2.98. The molecule has 4 nitrogen and oxygen atoms in total. The van der Waals surface area contributed by atoms with Gasteiger partial charge in [-0.25, -0.2) is 0 Å². The summed E-state index contributed by atoms with van der Waals surface area (Å²) >= 11 is 0. The summed E-state index contributed by atoms with van der Waals surface area (Å²) < 4.78 is 0. The predicted octanol–water partition coefficient (Wildman–Crippen LogP) is -0.779. The molecule has 3 atom stereocenters. The highest BCUT2D eigenvalue weighted by Gasteiger charge is 2.44. The summed E-state index contributed by atoms with van der Waals surface area (Å²) in [4.78, 5) is 13.0. The quantitative estimate of drug-likeness (QED) is 0.542. The summed E-state index contributed by atoms with van der Waals surface area (Å²) in [5.74, 6) is -0.488. The van der Waals surface area contributed by atoms with E-state index in [-0.39, 0.29) is 5.92 Å². The summed E-state index contributed by atoms with van der Waals surface area (Å²) in [6.07, 6.45) is 0. The molecule has 2 rings (SSSR count). The fourth-order valence-electron chi connectivity index (χ4n) is 2.36. The van der Waals surface area contributed by atoms with Crippen molar-refractivity contribution in [1.29, 1.82) is 0 Å². The molecule has 0 saturated carbocycles. The zero-order valence-electron chi connectivity index (χ0n) is 7.16. The molecule has 4 heteroatoms. The lowest BCUT2D eigenvalue weighted by molar-refractivity contribution is -0.142. The maximum atomic E-state index is 10.8. The van der Waals surface area contributed by atoms with Crippen molar-refractivity contribution in [3.8, 4) is 0 Å². The minimum absolute atomic E-state index is 0.167. The number of carbonyl (C=O) groups is 1. The Morgan fingerprint density at radius 1 is 1.58 bits per heavy atom. The maximum Gasteiger partial charge on any atom is 0.308 e. The first-order valence-electron chi connectivity index (χ1n) is 4.33. The maximum absolute atomic E-state index is 10.8. The Labute approximate surface area is 71.5 Å². The molecular weight excluding hydrogens is 156 g/mol. The van der Waals surface area contributed by atoms with Gasteiger partial charge in [-0.2, -0.15) is 0 Å². The number of likely N-dealkylation sites (tertiary alicyclic amines) is 1. The van der Waals surface area contributed by atoms with Crippen molar-refractivity contribution >= 4 is 5.97 Å². The summed E-state index contributed by atoms with van der Waals surface area (Å²) in [6, 6.07) is 0.413. The van der Waals surface area contributed by atoms with Crippen LogP contribution < -0.4 is 5.32 Å². The monoisotopic (exact) mass is 170 g/mol. The van der Waals surface area contributed by atoms with Gasteiger partial charge in [-0.3, -0.25) is 4.79 Å².